The topological polar surface area (TPSA) is 52.6 Å². The highest BCUT2D eigenvalue weighted by Crippen LogP contribution is 2.13. The maximum atomic E-state index is 11.7. The molecule has 0 aliphatic carbocycles. The predicted octanol–water partition coefficient (Wildman–Crippen LogP) is 6.35. The van der Waals surface area contributed by atoms with Gasteiger partial charge in [-0.1, -0.05) is 90.9 Å². The van der Waals surface area contributed by atoms with E-state index in [1.807, 2.05) is 6.92 Å². The molecule has 0 aliphatic rings. The largest absolute Gasteiger partial charge is 0.463 e. The van der Waals surface area contributed by atoms with Crippen molar-refractivity contribution >= 4 is 11.9 Å². The van der Waals surface area contributed by atoms with Crippen molar-refractivity contribution in [3.8, 4) is 0 Å². The molecule has 0 N–H and O–H groups in total. The van der Waals surface area contributed by atoms with Gasteiger partial charge in [0.15, 0.2) is 6.10 Å². The number of carbonyl (C=O) groups is 2. The van der Waals surface area contributed by atoms with Crippen LogP contribution < -0.4 is 0 Å². The monoisotopic (exact) mass is 370 g/mol. The van der Waals surface area contributed by atoms with Crippen LogP contribution in [0.15, 0.2) is 0 Å². The number of ether oxygens (including phenoxy) is 2. The highest BCUT2D eigenvalue weighted by atomic mass is 16.6. The molecule has 0 bridgehead atoms. The fraction of sp³-hybridized carbons (Fsp3) is 0.909. The Morgan fingerprint density at radius 1 is 0.692 bits per heavy atom. The summed E-state index contributed by atoms with van der Waals surface area (Å²) >= 11 is 0. The Labute approximate surface area is 161 Å². The van der Waals surface area contributed by atoms with Crippen LogP contribution in [0.5, 0.6) is 0 Å². The van der Waals surface area contributed by atoms with Gasteiger partial charge in [0, 0.05) is 6.42 Å². The summed E-state index contributed by atoms with van der Waals surface area (Å²) in [5.74, 6) is -0.750. The van der Waals surface area contributed by atoms with E-state index in [4.69, 9.17) is 9.47 Å². The number of carbonyl (C=O) groups excluding carboxylic acids is 2. The highest BCUT2D eigenvalue weighted by Gasteiger charge is 2.18. The maximum Gasteiger partial charge on any atom is 0.347 e. The van der Waals surface area contributed by atoms with Gasteiger partial charge >= 0.3 is 11.9 Å². The van der Waals surface area contributed by atoms with Gasteiger partial charge in [0.25, 0.3) is 0 Å². The van der Waals surface area contributed by atoms with Gasteiger partial charge in [0.1, 0.15) is 0 Å². The highest BCUT2D eigenvalue weighted by molar-refractivity contribution is 5.78. The summed E-state index contributed by atoms with van der Waals surface area (Å²) in [5.41, 5.74) is 0. The first-order valence-corrected chi connectivity index (χ1v) is 11.0. The smallest absolute Gasteiger partial charge is 0.347 e. The Morgan fingerprint density at radius 3 is 1.62 bits per heavy atom. The lowest BCUT2D eigenvalue weighted by atomic mass is 10.0. The molecule has 0 amide bonds. The van der Waals surface area contributed by atoms with E-state index in [9.17, 15) is 9.59 Å². The summed E-state index contributed by atoms with van der Waals surface area (Å²) in [6.07, 6.45) is 17.0. The van der Waals surface area contributed by atoms with Crippen LogP contribution >= 0.6 is 0 Å². The molecule has 0 fully saturated rings. The molecule has 0 aromatic carbocycles. The summed E-state index contributed by atoms with van der Waals surface area (Å²) < 4.78 is 10.1. The molecule has 26 heavy (non-hydrogen) atoms. The van der Waals surface area contributed by atoms with Crippen molar-refractivity contribution in [2.24, 2.45) is 0 Å². The second-order valence-electron chi connectivity index (χ2n) is 7.29. The van der Waals surface area contributed by atoms with Gasteiger partial charge < -0.3 is 9.47 Å². The number of hydrogen-bond acceptors (Lipinski definition) is 4. The first kappa shape index (κ1) is 24.9. The molecule has 0 rings (SSSR count). The van der Waals surface area contributed by atoms with Crippen LogP contribution in [0.3, 0.4) is 0 Å². The van der Waals surface area contributed by atoms with Gasteiger partial charge in [-0.05, 0) is 19.8 Å². The molecule has 0 heterocycles. The molecule has 0 aromatic rings. The van der Waals surface area contributed by atoms with Gasteiger partial charge in [0.05, 0.1) is 6.61 Å². The lowest BCUT2D eigenvalue weighted by Crippen LogP contribution is -2.26. The summed E-state index contributed by atoms with van der Waals surface area (Å²) in [5, 5.41) is 0. The zero-order valence-electron chi connectivity index (χ0n) is 17.5. The third kappa shape index (κ3) is 16.4. The normalized spacial score (nSPS) is 12.0. The Kier molecular flexibility index (Phi) is 18.0. The second-order valence-corrected chi connectivity index (χ2v) is 7.29. The predicted molar refractivity (Wildman–Crippen MR) is 107 cm³/mol. The summed E-state index contributed by atoms with van der Waals surface area (Å²) in [6.45, 7) is 6.13. The van der Waals surface area contributed by atoms with Gasteiger partial charge in [-0.25, -0.2) is 4.79 Å². The Bertz CT molecular complexity index is 341. The maximum absolute atomic E-state index is 11.7. The van der Waals surface area contributed by atoms with Crippen molar-refractivity contribution in [3.63, 3.8) is 0 Å². The SMILES string of the molecule is CCCCCCCCCCCCCCCC(=O)OC(C)C(=O)OCCC. The van der Waals surface area contributed by atoms with E-state index in [2.05, 4.69) is 6.92 Å². The van der Waals surface area contributed by atoms with E-state index in [0.29, 0.717) is 13.0 Å². The van der Waals surface area contributed by atoms with Gasteiger partial charge in [-0.3, -0.25) is 4.79 Å². The summed E-state index contributed by atoms with van der Waals surface area (Å²) in [6, 6.07) is 0. The number of esters is 2. The lowest BCUT2D eigenvalue weighted by Gasteiger charge is -2.12. The zero-order valence-corrected chi connectivity index (χ0v) is 17.5. The third-order valence-corrected chi connectivity index (χ3v) is 4.57. The van der Waals surface area contributed by atoms with Gasteiger partial charge in [-0.15, -0.1) is 0 Å². The molecule has 4 heteroatoms. The summed E-state index contributed by atoms with van der Waals surface area (Å²) in [4.78, 5) is 23.2. The van der Waals surface area contributed by atoms with Crippen LogP contribution in [-0.2, 0) is 19.1 Å². The molecule has 0 saturated heterocycles. The van der Waals surface area contributed by atoms with E-state index in [0.717, 1.165) is 19.3 Å². The average molecular weight is 371 g/mol. The minimum atomic E-state index is -0.795. The first-order chi connectivity index (χ1) is 12.6. The van der Waals surface area contributed by atoms with Gasteiger partial charge in [-0.2, -0.15) is 0 Å². The second kappa shape index (κ2) is 18.7. The van der Waals surface area contributed by atoms with Crippen molar-refractivity contribution in [1.29, 1.82) is 0 Å². The molecule has 154 valence electrons. The van der Waals surface area contributed by atoms with Crippen molar-refractivity contribution in [2.75, 3.05) is 6.61 Å². The molecular weight excluding hydrogens is 328 g/mol. The molecule has 4 nitrogen and oxygen atoms in total. The molecule has 1 unspecified atom stereocenters. The van der Waals surface area contributed by atoms with Crippen LogP contribution in [0, 0.1) is 0 Å². The van der Waals surface area contributed by atoms with E-state index in [-0.39, 0.29) is 5.97 Å². The summed E-state index contributed by atoms with van der Waals surface area (Å²) in [7, 11) is 0. The van der Waals surface area contributed by atoms with Crippen LogP contribution in [0.25, 0.3) is 0 Å². The minimum absolute atomic E-state index is 0.297. The van der Waals surface area contributed by atoms with Crippen LogP contribution in [0.4, 0.5) is 0 Å². The number of unbranched alkanes of at least 4 members (excludes halogenated alkanes) is 12. The van der Waals surface area contributed by atoms with Crippen LogP contribution in [-0.4, -0.2) is 24.6 Å². The van der Waals surface area contributed by atoms with Crippen molar-refractivity contribution in [1.82, 2.24) is 0 Å². The quantitative estimate of drug-likeness (QED) is 0.208. The van der Waals surface area contributed by atoms with Crippen LogP contribution in [0.1, 0.15) is 117 Å². The number of rotatable bonds is 18. The standard InChI is InChI=1S/C22H42O4/c1-4-6-7-8-9-10-11-12-13-14-15-16-17-18-21(23)26-20(3)22(24)25-19-5-2/h20H,4-19H2,1-3H3. The average Bonchev–Trinajstić information content (AvgIpc) is 2.63. The molecule has 0 spiro atoms. The molecule has 0 aliphatic heterocycles. The Hall–Kier alpha value is -1.06. The third-order valence-electron chi connectivity index (χ3n) is 4.57. The Morgan fingerprint density at radius 2 is 1.15 bits per heavy atom. The Balaban J connectivity index is 3.36. The fourth-order valence-corrected chi connectivity index (χ4v) is 2.91. The van der Waals surface area contributed by atoms with E-state index < -0.39 is 12.1 Å². The lowest BCUT2D eigenvalue weighted by molar-refractivity contribution is -0.166. The zero-order chi connectivity index (χ0) is 19.5. The van der Waals surface area contributed by atoms with Crippen molar-refractivity contribution in [3.05, 3.63) is 0 Å². The molecular formula is C22H42O4. The van der Waals surface area contributed by atoms with E-state index >= 15 is 0 Å². The van der Waals surface area contributed by atoms with Gasteiger partial charge in [0.2, 0.25) is 0 Å². The molecule has 0 aromatic heterocycles. The molecule has 0 saturated carbocycles. The minimum Gasteiger partial charge on any atom is -0.463 e. The van der Waals surface area contributed by atoms with E-state index in [1.165, 1.54) is 70.6 Å². The van der Waals surface area contributed by atoms with Crippen molar-refractivity contribution < 1.29 is 19.1 Å². The number of hydrogen-bond donors (Lipinski definition) is 0. The fourth-order valence-electron chi connectivity index (χ4n) is 2.91. The van der Waals surface area contributed by atoms with Crippen molar-refractivity contribution in [2.45, 2.75) is 123 Å². The molecule has 1 atom stereocenters. The van der Waals surface area contributed by atoms with E-state index in [1.54, 1.807) is 6.92 Å². The molecule has 0 radical (unpaired) electrons. The first-order valence-electron chi connectivity index (χ1n) is 11.0. The van der Waals surface area contributed by atoms with Crippen LogP contribution in [0.2, 0.25) is 0 Å².